The van der Waals surface area contributed by atoms with Gasteiger partial charge < -0.3 is 9.84 Å². The van der Waals surface area contributed by atoms with E-state index in [2.05, 4.69) is 32.6 Å². The summed E-state index contributed by atoms with van der Waals surface area (Å²) in [6.07, 6.45) is 1.05. The standard InChI is InChI=1S/C14H20O2S/c1-14(2,3)7-9-16-11-13-12(5-4-8-15)6-10-17-13/h6,10,15H,7-9,11H2,1-3H3. The quantitative estimate of drug-likeness (QED) is 0.659. The number of aliphatic hydroxyl groups is 1. The normalized spacial score (nSPS) is 11.1. The summed E-state index contributed by atoms with van der Waals surface area (Å²) in [5, 5.41) is 10.7. The van der Waals surface area contributed by atoms with Crippen LogP contribution in [-0.2, 0) is 11.3 Å². The van der Waals surface area contributed by atoms with Crippen LogP contribution in [0.5, 0.6) is 0 Å². The molecule has 0 unspecified atom stereocenters. The largest absolute Gasteiger partial charge is 0.384 e. The van der Waals surface area contributed by atoms with Crippen LogP contribution in [0.25, 0.3) is 0 Å². The average Bonchev–Trinajstić information content (AvgIpc) is 2.67. The van der Waals surface area contributed by atoms with Crippen LogP contribution < -0.4 is 0 Å². The molecule has 0 fully saturated rings. The number of hydrogen-bond acceptors (Lipinski definition) is 3. The molecule has 2 nitrogen and oxygen atoms in total. The molecule has 0 spiro atoms. The third kappa shape index (κ3) is 5.88. The Balaban J connectivity index is 2.39. The zero-order chi connectivity index (χ0) is 12.7. The van der Waals surface area contributed by atoms with E-state index < -0.39 is 0 Å². The minimum Gasteiger partial charge on any atom is -0.384 e. The monoisotopic (exact) mass is 252 g/mol. The van der Waals surface area contributed by atoms with Crippen molar-refractivity contribution in [3.63, 3.8) is 0 Å². The van der Waals surface area contributed by atoms with E-state index in [-0.39, 0.29) is 6.61 Å². The Labute approximate surface area is 108 Å². The SMILES string of the molecule is CC(C)(C)CCOCc1sccc1C#CCO. The van der Waals surface area contributed by atoms with Crippen LogP contribution in [0.3, 0.4) is 0 Å². The molecule has 1 aromatic heterocycles. The van der Waals surface area contributed by atoms with Crippen molar-refractivity contribution in [2.24, 2.45) is 5.41 Å². The van der Waals surface area contributed by atoms with Gasteiger partial charge >= 0.3 is 0 Å². The number of thiophene rings is 1. The molecule has 0 amide bonds. The van der Waals surface area contributed by atoms with E-state index in [1.54, 1.807) is 11.3 Å². The third-order valence-electron chi connectivity index (χ3n) is 2.28. The van der Waals surface area contributed by atoms with E-state index in [9.17, 15) is 0 Å². The van der Waals surface area contributed by atoms with Crippen LogP contribution in [0.15, 0.2) is 11.4 Å². The fourth-order valence-corrected chi connectivity index (χ4v) is 2.01. The van der Waals surface area contributed by atoms with E-state index in [1.807, 2.05) is 11.4 Å². The summed E-state index contributed by atoms with van der Waals surface area (Å²) < 4.78 is 5.65. The van der Waals surface area contributed by atoms with E-state index in [0.717, 1.165) is 23.5 Å². The van der Waals surface area contributed by atoms with Gasteiger partial charge in [-0.1, -0.05) is 32.6 Å². The molecule has 0 aliphatic heterocycles. The van der Waals surface area contributed by atoms with Gasteiger partial charge in [-0.3, -0.25) is 0 Å². The van der Waals surface area contributed by atoms with Crippen LogP contribution >= 0.6 is 11.3 Å². The molecule has 17 heavy (non-hydrogen) atoms. The molecule has 0 aliphatic rings. The minimum atomic E-state index is -0.0971. The van der Waals surface area contributed by atoms with Crippen molar-refractivity contribution >= 4 is 11.3 Å². The smallest absolute Gasteiger partial charge is 0.104 e. The highest BCUT2D eigenvalue weighted by Gasteiger charge is 2.09. The van der Waals surface area contributed by atoms with Gasteiger partial charge in [0.1, 0.15) is 6.61 Å². The zero-order valence-electron chi connectivity index (χ0n) is 10.7. The van der Waals surface area contributed by atoms with E-state index >= 15 is 0 Å². The van der Waals surface area contributed by atoms with Crippen molar-refractivity contribution in [2.75, 3.05) is 13.2 Å². The molecule has 1 heterocycles. The second kappa shape index (κ2) is 6.80. The van der Waals surface area contributed by atoms with E-state index in [4.69, 9.17) is 9.84 Å². The number of rotatable bonds is 4. The lowest BCUT2D eigenvalue weighted by Crippen LogP contribution is -2.09. The summed E-state index contributed by atoms with van der Waals surface area (Å²) in [7, 11) is 0. The van der Waals surface area contributed by atoms with Crippen LogP contribution in [0.4, 0.5) is 0 Å². The first-order chi connectivity index (χ1) is 8.03. The highest BCUT2D eigenvalue weighted by Crippen LogP contribution is 2.20. The van der Waals surface area contributed by atoms with Crippen LogP contribution in [0.1, 0.15) is 37.6 Å². The first kappa shape index (κ1) is 14.2. The fraction of sp³-hybridized carbons (Fsp3) is 0.571. The second-order valence-electron chi connectivity index (χ2n) is 5.08. The van der Waals surface area contributed by atoms with Gasteiger partial charge in [0.2, 0.25) is 0 Å². The molecule has 0 saturated heterocycles. The van der Waals surface area contributed by atoms with Gasteiger partial charge in [0.05, 0.1) is 6.61 Å². The van der Waals surface area contributed by atoms with Crippen molar-refractivity contribution < 1.29 is 9.84 Å². The Kier molecular flexibility index (Phi) is 5.70. The Morgan fingerprint density at radius 1 is 1.41 bits per heavy atom. The number of hydrogen-bond donors (Lipinski definition) is 1. The lowest BCUT2D eigenvalue weighted by atomic mass is 9.93. The molecule has 0 saturated carbocycles. The molecule has 1 aromatic rings. The fourth-order valence-electron chi connectivity index (χ4n) is 1.24. The summed E-state index contributed by atoms with van der Waals surface area (Å²) in [4.78, 5) is 1.14. The highest BCUT2D eigenvalue weighted by molar-refractivity contribution is 7.10. The maximum absolute atomic E-state index is 8.66. The Hall–Kier alpha value is -0.820. The lowest BCUT2D eigenvalue weighted by molar-refractivity contribution is 0.0979. The van der Waals surface area contributed by atoms with Crippen molar-refractivity contribution in [3.05, 3.63) is 21.9 Å². The third-order valence-corrected chi connectivity index (χ3v) is 3.17. The van der Waals surface area contributed by atoms with Crippen LogP contribution in [0.2, 0.25) is 0 Å². The first-order valence-electron chi connectivity index (χ1n) is 5.77. The molecule has 0 bridgehead atoms. The van der Waals surface area contributed by atoms with Crippen molar-refractivity contribution in [2.45, 2.75) is 33.8 Å². The van der Waals surface area contributed by atoms with E-state index in [0.29, 0.717) is 12.0 Å². The van der Waals surface area contributed by atoms with Gasteiger partial charge in [0.25, 0.3) is 0 Å². The summed E-state index contributed by atoms with van der Waals surface area (Å²) >= 11 is 1.65. The molecular formula is C14H20O2S. The Bertz CT molecular complexity index is 390. The maximum atomic E-state index is 8.66. The maximum Gasteiger partial charge on any atom is 0.104 e. The molecule has 0 atom stereocenters. The lowest BCUT2D eigenvalue weighted by Gasteiger charge is -2.17. The predicted molar refractivity (Wildman–Crippen MR) is 72.0 cm³/mol. The van der Waals surface area contributed by atoms with Crippen LogP contribution in [-0.4, -0.2) is 18.3 Å². The molecule has 0 radical (unpaired) electrons. The van der Waals surface area contributed by atoms with Gasteiger partial charge in [0, 0.05) is 17.0 Å². The summed E-state index contributed by atoms with van der Waals surface area (Å²) in [5.74, 6) is 5.59. The molecule has 3 heteroatoms. The second-order valence-corrected chi connectivity index (χ2v) is 6.08. The van der Waals surface area contributed by atoms with Gasteiger partial charge in [-0.05, 0) is 23.3 Å². The Morgan fingerprint density at radius 2 is 2.18 bits per heavy atom. The molecular weight excluding hydrogens is 232 g/mol. The number of aliphatic hydroxyl groups excluding tert-OH is 1. The predicted octanol–water partition coefficient (Wildman–Crippen LogP) is 3.04. The van der Waals surface area contributed by atoms with Crippen LogP contribution in [0, 0.1) is 17.3 Å². The molecule has 94 valence electrons. The van der Waals surface area contributed by atoms with Crippen molar-refractivity contribution in [1.82, 2.24) is 0 Å². The van der Waals surface area contributed by atoms with Gasteiger partial charge in [-0.2, -0.15) is 0 Å². The molecule has 0 aliphatic carbocycles. The average molecular weight is 252 g/mol. The topological polar surface area (TPSA) is 29.5 Å². The van der Waals surface area contributed by atoms with Crippen molar-refractivity contribution in [3.8, 4) is 11.8 Å². The first-order valence-corrected chi connectivity index (χ1v) is 6.65. The van der Waals surface area contributed by atoms with Gasteiger partial charge in [-0.25, -0.2) is 0 Å². The van der Waals surface area contributed by atoms with Gasteiger partial charge in [0.15, 0.2) is 0 Å². The molecule has 1 N–H and O–H groups in total. The summed E-state index contributed by atoms with van der Waals surface area (Å²) in [6, 6.07) is 1.97. The highest BCUT2D eigenvalue weighted by atomic mass is 32.1. The van der Waals surface area contributed by atoms with E-state index in [1.165, 1.54) is 0 Å². The summed E-state index contributed by atoms with van der Waals surface area (Å²) in [6.45, 7) is 7.91. The van der Waals surface area contributed by atoms with Crippen molar-refractivity contribution in [1.29, 1.82) is 0 Å². The van der Waals surface area contributed by atoms with Gasteiger partial charge in [-0.15, -0.1) is 11.3 Å². The minimum absolute atomic E-state index is 0.0971. The zero-order valence-corrected chi connectivity index (χ0v) is 11.6. The molecule has 0 aromatic carbocycles. The number of ether oxygens (including phenoxy) is 1. The Morgan fingerprint density at radius 3 is 2.82 bits per heavy atom. The molecule has 1 rings (SSSR count). The summed E-state index contributed by atoms with van der Waals surface area (Å²) in [5.41, 5.74) is 1.29.